The van der Waals surface area contributed by atoms with E-state index in [1.807, 2.05) is 19.1 Å². The third-order valence-electron chi connectivity index (χ3n) is 4.48. The third kappa shape index (κ3) is 5.55. The number of benzene rings is 2. The molecule has 0 amide bonds. The predicted molar refractivity (Wildman–Crippen MR) is 114 cm³/mol. The van der Waals surface area contributed by atoms with Crippen molar-refractivity contribution >= 4 is 5.96 Å². The minimum atomic E-state index is 0.453. The first kappa shape index (κ1) is 21.4. The molecule has 0 aromatic heterocycles. The van der Waals surface area contributed by atoms with Gasteiger partial charge in [-0.05, 0) is 30.5 Å². The van der Waals surface area contributed by atoms with E-state index in [0.717, 1.165) is 31.0 Å². The van der Waals surface area contributed by atoms with Gasteiger partial charge in [0.25, 0.3) is 0 Å². The average molecular weight is 386 g/mol. The third-order valence-corrected chi connectivity index (χ3v) is 4.48. The highest BCUT2D eigenvalue weighted by atomic mass is 16.5. The fourth-order valence-electron chi connectivity index (χ4n) is 2.98. The van der Waals surface area contributed by atoms with Gasteiger partial charge >= 0.3 is 0 Å². The molecule has 2 aromatic rings. The lowest BCUT2D eigenvalue weighted by Crippen LogP contribution is -2.37. The summed E-state index contributed by atoms with van der Waals surface area (Å²) < 4.78 is 16.2. The summed E-state index contributed by atoms with van der Waals surface area (Å²) in [6, 6.07) is 12.2. The minimum absolute atomic E-state index is 0.453. The van der Waals surface area contributed by atoms with E-state index >= 15 is 0 Å². The Hall–Kier alpha value is -2.89. The quantitative estimate of drug-likeness (QED) is 0.511. The summed E-state index contributed by atoms with van der Waals surface area (Å²) in [5.41, 5.74) is 3.54. The van der Waals surface area contributed by atoms with Crippen LogP contribution in [0.5, 0.6) is 17.2 Å². The Morgan fingerprint density at radius 3 is 2.07 bits per heavy atom. The lowest BCUT2D eigenvalue weighted by Gasteiger charge is -2.15. The molecule has 0 saturated carbocycles. The Labute approximate surface area is 167 Å². The molecule has 2 N–H and O–H groups in total. The molecule has 0 unspecified atom stereocenters. The number of aliphatic imine (C=N–C) groups is 1. The van der Waals surface area contributed by atoms with Gasteiger partial charge < -0.3 is 24.8 Å². The largest absolute Gasteiger partial charge is 0.496 e. The summed E-state index contributed by atoms with van der Waals surface area (Å²) in [7, 11) is 4.87. The van der Waals surface area contributed by atoms with Gasteiger partial charge in [0, 0.05) is 24.7 Å². The SMILES string of the molecule is CCNC(=NCc1cc(OC)c(OC)cc1OC)NCc1ccccc1CC. The fourth-order valence-corrected chi connectivity index (χ4v) is 2.98. The van der Waals surface area contributed by atoms with Gasteiger partial charge in [0.1, 0.15) is 5.75 Å². The van der Waals surface area contributed by atoms with Gasteiger partial charge in [0.05, 0.1) is 27.9 Å². The van der Waals surface area contributed by atoms with Crippen LogP contribution in [0.2, 0.25) is 0 Å². The summed E-state index contributed by atoms with van der Waals surface area (Å²) in [4.78, 5) is 4.71. The number of nitrogens with zero attached hydrogens (tertiary/aromatic N) is 1. The van der Waals surface area contributed by atoms with E-state index in [2.05, 4.69) is 41.8 Å². The summed E-state index contributed by atoms with van der Waals surface area (Å²) in [5.74, 6) is 2.76. The zero-order chi connectivity index (χ0) is 20.4. The molecule has 2 aromatic carbocycles. The highest BCUT2D eigenvalue weighted by Crippen LogP contribution is 2.34. The van der Waals surface area contributed by atoms with Crippen molar-refractivity contribution in [1.82, 2.24) is 10.6 Å². The van der Waals surface area contributed by atoms with E-state index in [4.69, 9.17) is 19.2 Å². The van der Waals surface area contributed by atoms with Gasteiger partial charge in [-0.15, -0.1) is 0 Å². The van der Waals surface area contributed by atoms with E-state index in [9.17, 15) is 0 Å². The van der Waals surface area contributed by atoms with Crippen LogP contribution in [0.15, 0.2) is 41.4 Å². The number of aryl methyl sites for hydroxylation is 1. The Bertz CT molecular complexity index is 791. The Morgan fingerprint density at radius 1 is 0.821 bits per heavy atom. The number of rotatable bonds is 9. The fraction of sp³-hybridized carbons (Fsp3) is 0.409. The maximum absolute atomic E-state index is 5.49. The second-order valence-electron chi connectivity index (χ2n) is 6.19. The van der Waals surface area contributed by atoms with Crippen LogP contribution in [0.1, 0.15) is 30.5 Å². The Morgan fingerprint density at radius 2 is 1.46 bits per heavy atom. The first-order valence-corrected chi connectivity index (χ1v) is 9.54. The number of hydrogen-bond donors (Lipinski definition) is 2. The van der Waals surface area contributed by atoms with Gasteiger partial charge in [0.2, 0.25) is 0 Å². The van der Waals surface area contributed by atoms with Crippen molar-refractivity contribution in [1.29, 1.82) is 0 Å². The minimum Gasteiger partial charge on any atom is -0.496 e. The molecule has 2 rings (SSSR count). The molecule has 0 aliphatic carbocycles. The van der Waals surface area contributed by atoms with E-state index < -0.39 is 0 Å². The van der Waals surface area contributed by atoms with Crippen LogP contribution in [0.3, 0.4) is 0 Å². The van der Waals surface area contributed by atoms with Crippen molar-refractivity contribution < 1.29 is 14.2 Å². The van der Waals surface area contributed by atoms with Crippen LogP contribution in [-0.2, 0) is 19.5 Å². The van der Waals surface area contributed by atoms with Gasteiger partial charge in [-0.25, -0.2) is 4.99 Å². The standard InChI is InChI=1S/C22H31N3O3/c1-6-16-10-8-9-11-17(16)14-24-22(23-7-2)25-15-18-12-20(27-4)21(28-5)13-19(18)26-3/h8-13H,6-7,14-15H2,1-5H3,(H2,23,24,25). The monoisotopic (exact) mass is 385 g/mol. The van der Waals surface area contributed by atoms with E-state index in [0.29, 0.717) is 23.8 Å². The molecular weight excluding hydrogens is 354 g/mol. The van der Waals surface area contributed by atoms with Crippen LogP contribution in [0.25, 0.3) is 0 Å². The molecule has 0 aliphatic heterocycles. The van der Waals surface area contributed by atoms with E-state index in [1.165, 1.54) is 11.1 Å². The number of ether oxygens (including phenoxy) is 3. The molecule has 0 saturated heterocycles. The zero-order valence-electron chi connectivity index (χ0n) is 17.5. The summed E-state index contributed by atoms with van der Waals surface area (Å²) in [6.45, 7) is 6.17. The summed E-state index contributed by atoms with van der Waals surface area (Å²) in [6.07, 6.45) is 1.01. The predicted octanol–water partition coefficient (Wildman–Crippen LogP) is 3.53. The van der Waals surface area contributed by atoms with Crippen LogP contribution < -0.4 is 24.8 Å². The van der Waals surface area contributed by atoms with Crippen molar-refractivity contribution in [3.05, 3.63) is 53.1 Å². The number of hydrogen-bond acceptors (Lipinski definition) is 4. The molecule has 6 nitrogen and oxygen atoms in total. The van der Waals surface area contributed by atoms with Gasteiger partial charge in [0.15, 0.2) is 17.5 Å². The highest BCUT2D eigenvalue weighted by Gasteiger charge is 2.12. The Kier molecular flexibility index (Phi) is 8.46. The van der Waals surface area contributed by atoms with Crippen LogP contribution in [-0.4, -0.2) is 33.8 Å². The number of nitrogens with one attached hydrogen (secondary N) is 2. The average Bonchev–Trinajstić information content (AvgIpc) is 2.75. The maximum Gasteiger partial charge on any atom is 0.191 e. The topological polar surface area (TPSA) is 64.1 Å². The molecule has 0 fully saturated rings. The molecule has 28 heavy (non-hydrogen) atoms. The van der Waals surface area contributed by atoms with Crippen LogP contribution in [0, 0.1) is 0 Å². The van der Waals surface area contributed by atoms with Gasteiger partial charge in [-0.2, -0.15) is 0 Å². The van der Waals surface area contributed by atoms with Crippen molar-refractivity contribution in [3.8, 4) is 17.2 Å². The van der Waals surface area contributed by atoms with Crippen molar-refractivity contribution in [3.63, 3.8) is 0 Å². The Balaban J connectivity index is 2.18. The molecule has 0 aliphatic rings. The molecule has 0 spiro atoms. The van der Waals surface area contributed by atoms with Crippen molar-refractivity contribution in [2.75, 3.05) is 27.9 Å². The molecule has 0 atom stereocenters. The van der Waals surface area contributed by atoms with Gasteiger partial charge in [-0.1, -0.05) is 31.2 Å². The highest BCUT2D eigenvalue weighted by molar-refractivity contribution is 5.79. The smallest absolute Gasteiger partial charge is 0.191 e. The molecule has 152 valence electrons. The zero-order valence-corrected chi connectivity index (χ0v) is 17.5. The van der Waals surface area contributed by atoms with Crippen LogP contribution in [0.4, 0.5) is 0 Å². The first-order chi connectivity index (χ1) is 13.7. The van der Waals surface area contributed by atoms with E-state index in [1.54, 1.807) is 21.3 Å². The normalized spacial score (nSPS) is 11.1. The second kappa shape index (κ2) is 11.1. The maximum atomic E-state index is 5.49. The second-order valence-corrected chi connectivity index (χ2v) is 6.19. The lowest BCUT2D eigenvalue weighted by atomic mass is 10.1. The molecular formula is C22H31N3O3. The van der Waals surface area contributed by atoms with Crippen molar-refractivity contribution in [2.45, 2.75) is 33.4 Å². The lowest BCUT2D eigenvalue weighted by molar-refractivity contribution is 0.347. The van der Waals surface area contributed by atoms with Gasteiger partial charge in [-0.3, -0.25) is 0 Å². The summed E-state index contributed by atoms with van der Waals surface area (Å²) >= 11 is 0. The number of guanidine groups is 1. The number of methoxy groups -OCH3 is 3. The molecule has 0 bridgehead atoms. The van der Waals surface area contributed by atoms with E-state index in [-0.39, 0.29) is 0 Å². The van der Waals surface area contributed by atoms with Crippen molar-refractivity contribution in [2.24, 2.45) is 4.99 Å². The molecule has 0 radical (unpaired) electrons. The van der Waals surface area contributed by atoms with Crippen LogP contribution >= 0.6 is 0 Å². The molecule has 6 heteroatoms. The first-order valence-electron chi connectivity index (χ1n) is 9.54. The summed E-state index contributed by atoms with van der Waals surface area (Å²) in [5, 5.41) is 6.70. The molecule has 0 heterocycles.